The lowest BCUT2D eigenvalue weighted by Gasteiger charge is -2.39. The molecule has 2 aliphatic carbocycles. The van der Waals surface area contributed by atoms with Crippen molar-refractivity contribution in [3.63, 3.8) is 0 Å². The van der Waals surface area contributed by atoms with Crippen molar-refractivity contribution >= 4 is 29.5 Å². The van der Waals surface area contributed by atoms with Crippen LogP contribution in [0, 0.1) is 34.0 Å². The van der Waals surface area contributed by atoms with E-state index in [0.717, 1.165) is 19.3 Å². The van der Waals surface area contributed by atoms with Gasteiger partial charge in [0.1, 0.15) is 12.1 Å². The monoisotopic (exact) mass is 619 g/mol. The molecule has 11 nitrogen and oxygen atoms in total. The van der Waals surface area contributed by atoms with Gasteiger partial charge in [-0.1, -0.05) is 74.7 Å². The molecule has 3 rings (SSSR count). The molecule has 0 spiro atoms. The molecule has 3 aliphatic rings. The van der Waals surface area contributed by atoms with Crippen LogP contribution in [0.2, 0.25) is 0 Å². The molecule has 0 aromatic heterocycles. The summed E-state index contributed by atoms with van der Waals surface area (Å²) in [6.07, 6.45) is 3.27. The first-order valence-electron chi connectivity index (χ1n) is 16.1. The molecule has 1 heterocycles. The van der Waals surface area contributed by atoms with Gasteiger partial charge in [-0.2, -0.15) is 0 Å². The first kappa shape index (κ1) is 35.8. The van der Waals surface area contributed by atoms with Gasteiger partial charge >= 0.3 is 6.03 Å². The Hall–Kier alpha value is -2.69. The van der Waals surface area contributed by atoms with Crippen molar-refractivity contribution in [3.8, 4) is 0 Å². The number of amides is 5. The molecule has 6 atom stereocenters. The van der Waals surface area contributed by atoms with Gasteiger partial charge in [0, 0.05) is 6.54 Å². The molecule has 0 aromatic carbocycles. The van der Waals surface area contributed by atoms with E-state index in [4.69, 9.17) is 10.5 Å². The molecule has 0 radical (unpaired) electrons. The summed E-state index contributed by atoms with van der Waals surface area (Å²) < 4.78 is 5.98. The zero-order valence-corrected chi connectivity index (χ0v) is 28.8. The van der Waals surface area contributed by atoms with Crippen LogP contribution in [-0.2, 0) is 23.9 Å². The molecule has 250 valence electrons. The maximum absolute atomic E-state index is 14.3. The average Bonchev–Trinajstić information content (AvgIpc) is 3.17. The molecule has 3 fully saturated rings. The van der Waals surface area contributed by atoms with E-state index in [0.29, 0.717) is 19.6 Å². The van der Waals surface area contributed by atoms with Gasteiger partial charge < -0.3 is 31.3 Å². The first-order chi connectivity index (χ1) is 19.9. The van der Waals surface area contributed by atoms with Crippen molar-refractivity contribution in [2.24, 2.45) is 39.7 Å². The van der Waals surface area contributed by atoms with Crippen molar-refractivity contribution in [2.45, 2.75) is 132 Å². The van der Waals surface area contributed by atoms with E-state index in [-0.39, 0.29) is 46.1 Å². The SMILES string of the molecule is CC(C)(C)OC[C@@H](NC(=O)N[C@H](C(=O)N1C[C@H]2[C@@H]([C@H]1C(=O)NC(CC1CCC1)C(=O)C(N)=O)C2(C)C)C(C)(C)C)C(C)(C)C. The first-order valence-corrected chi connectivity index (χ1v) is 16.1. The number of likely N-dealkylation sites (tertiary alicyclic amines) is 1. The lowest BCUT2D eigenvalue weighted by atomic mass is 9.80. The minimum absolute atomic E-state index is 0.103. The zero-order chi connectivity index (χ0) is 33.6. The Bertz CT molecular complexity index is 1130. The number of primary amides is 1. The third-order valence-corrected chi connectivity index (χ3v) is 9.85. The molecule has 0 aromatic rings. The summed E-state index contributed by atoms with van der Waals surface area (Å²) in [6, 6.07) is -3.60. The number of nitrogens with two attached hydrogens (primary N) is 1. The van der Waals surface area contributed by atoms with Crippen LogP contribution in [-0.4, -0.2) is 77.4 Å². The van der Waals surface area contributed by atoms with Crippen molar-refractivity contribution < 1.29 is 28.7 Å². The lowest BCUT2D eigenvalue weighted by Crippen LogP contribution is -2.62. The molecule has 2 saturated carbocycles. The van der Waals surface area contributed by atoms with Gasteiger partial charge in [-0.3, -0.25) is 19.2 Å². The predicted octanol–water partition coefficient (Wildman–Crippen LogP) is 3.14. The van der Waals surface area contributed by atoms with E-state index >= 15 is 0 Å². The fourth-order valence-corrected chi connectivity index (χ4v) is 6.52. The Morgan fingerprint density at radius 2 is 1.50 bits per heavy atom. The summed E-state index contributed by atoms with van der Waals surface area (Å²) in [5.74, 6) is -2.47. The molecular formula is C33H57N5O6. The number of hydrogen-bond donors (Lipinski definition) is 4. The van der Waals surface area contributed by atoms with Crippen LogP contribution in [0.1, 0.15) is 102 Å². The third-order valence-electron chi connectivity index (χ3n) is 9.85. The summed E-state index contributed by atoms with van der Waals surface area (Å²) in [6.45, 7) is 22.3. The van der Waals surface area contributed by atoms with Crippen molar-refractivity contribution in [1.82, 2.24) is 20.9 Å². The van der Waals surface area contributed by atoms with E-state index in [1.165, 1.54) is 0 Å². The quantitative estimate of drug-likeness (QED) is 0.260. The minimum atomic E-state index is -1.08. The van der Waals surface area contributed by atoms with Gasteiger partial charge in [0.2, 0.25) is 17.6 Å². The van der Waals surface area contributed by atoms with Gasteiger partial charge in [0.15, 0.2) is 0 Å². The van der Waals surface area contributed by atoms with Crippen LogP contribution in [0.4, 0.5) is 4.79 Å². The Morgan fingerprint density at radius 1 is 0.909 bits per heavy atom. The number of hydrogen-bond acceptors (Lipinski definition) is 6. The molecular weight excluding hydrogens is 562 g/mol. The number of carbonyl (C=O) groups is 5. The normalized spacial score (nSPS) is 25.2. The number of fused-ring (bicyclic) bond motifs is 1. The smallest absolute Gasteiger partial charge is 0.315 e. The number of ether oxygens (including phenoxy) is 1. The number of piperidine rings is 1. The molecule has 1 aliphatic heterocycles. The molecule has 5 amide bonds. The van der Waals surface area contributed by atoms with E-state index in [1.54, 1.807) is 4.90 Å². The number of nitrogens with zero attached hydrogens (tertiary/aromatic N) is 1. The fourth-order valence-electron chi connectivity index (χ4n) is 6.52. The molecule has 1 unspecified atom stereocenters. The number of nitrogens with one attached hydrogen (secondary N) is 3. The maximum Gasteiger partial charge on any atom is 0.315 e. The molecule has 11 heteroatoms. The standard InChI is InChI=1S/C33H57N5O6/c1-30(2,3)21(17-44-32(7,8)9)36-29(43)37-25(31(4,5)6)28(42)38-16-19-22(33(19,10)11)23(38)27(41)35-20(24(39)26(34)40)15-18-13-12-14-18/h18-23,25H,12-17H2,1-11H3,(H2,34,40)(H,35,41)(H2,36,37,43)/t19-,20?,21+,22-,23-,25+/m0/s1. The highest BCUT2D eigenvalue weighted by molar-refractivity contribution is 6.37. The van der Waals surface area contributed by atoms with E-state index in [2.05, 4.69) is 29.8 Å². The van der Waals surface area contributed by atoms with Gasteiger partial charge in [0.25, 0.3) is 5.91 Å². The van der Waals surface area contributed by atoms with Crippen LogP contribution >= 0.6 is 0 Å². The second-order valence-electron chi connectivity index (χ2n) is 17.0. The van der Waals surface area contributed by atoms with Crippen LogP contribution in [0.3, 0.4) is 0 Å². The highest BCUT2D eigenvalue weighted by Gasteiger charge is 2.70. The number of urea groups is 1. The lowest BCUT2D eigenvalue weighted by molar-refractivity contribution is -0.145. The number of carbonyl (C=O) groups excluding carboxylic acids is 5. The van der Waals surface area contributed by atoms with E-state index in [9.17, 15) is 24.0 Å². The van der Waals surface area contributed by atoms with Crippen molar-refractivity contribution in [1.29, 1.82) is 0 Å². The average molecular weight is 620 g/mol. The number of Topliss-reactive ketones (excluding diaryl/α,β-unsaturated/α-hetero) is 1. The minimum Gasteiger partial charge on any atom is -0.374 e. The van der Waals surface area contributed by atoms with Crippen LogP contribution in [0.15, 0.2) is 0 Å². The Balaban J connectivity index is 1.81. The highest BCUT2D eigenvalue weighted by Crippen LogP contribution is 2.65. The topological polar surface area (TPSA) is 160 Å². The maximum atomic E-state index is 14.3. The van der Waals surface area contributed by atoms with Crippen molar-refractivity contribution in [3.05, 3.63) is 0 Å². The van der Waals surface area contributed by atoms with Crippen LogP contribution in [0.5, 0.6) is 0 Å². The van der Waals surface area contributed by atoms with E-state index in [1.807, 2.05) is 62.3 Å². The number of ketones is 1. The third kappa shape index (κ3) is 8.31. The van der Waals surface area contributed by atoms with Crippen molar-refractivity contribution in [2.75, 3.05) is 13.2 Å². The molecule has 44 heavy (non-hydrogen) atoms. The summed E-state index contributed by atoms with van der Waals surface area (Å²) in [5.41, 5.74) is 3.80. The highest BCUT2D eigenvalue weighted by atomic mass is 16.5. The molecule has 5 N–H and O–H groups in total. The van der Waals surface area contributed by atoms with Gasteiger partial charge in [-0.15, -0.1) is 0 Å². The summed E-state index contributed by atoms with van der Waals surface area (Å²) in [4.78, 5) is 67.6. The number of rotatable bonds is 11. The second kappa shape index (κ2) is 12.6. The molecule has 0 bridgehead atoms. The van der Waals surface area contributed by atoms with Gasteiger partial charge in [-0.25, -0.2) is 4.79 Å². The molecule has 1 saturated heterocycles. The Morgan fingerprint density at radius 3 is 1.95 bits per heavy atom. The zero-order valence-electron chi connectivity index (χ0n) is 28.8. The Kier molecular flexibility index (Phi) is 10.2. The predicted molar refractivity (Wildman–Crippen MR) is 168 cm³/mol. The van der Waals surface area contributed by atoms with Gasteiger partial charge in [-0.05, 0) is 61.2 Å². The van der Waals surface area contributed by atoms with Crippen LogP contribution in [0.25, 0.3) is 0 Å². The van der Waals surface area contributed by atoms with Gasteiger partial charge in [0.05, 0.1) is 24.3 Å². The summed E-state index contributed by atoms with van der Waals surface area (Å²) in [7, 11) is 0. The largest absolute Gasteiger partial charge is 0.374 e. The summed E-state index contributed by atoms with van der Waals surface area (Å²) >= 11 is 0. The fraction of sp³-hybridized carbons (Fsp3) is 0.848. The summed E-state index contributed by atoms with van der Waals surface area (Å²) in [5, 5.41) is 8.74. The Labute approximate surface area is 263 Å². The van der Waals surface area contributed by atoms with E-state index < -0.39 is 47.2 Å². The van der Waals surface area contributed by atoms with Crippen LogP contribution < -0.4 is 21.7 Å². The second-order valence-corrected chi connectivity index (χ2v) is 17.0.